The van der Waals surface area contributed by atoms with Gasteiger partial charge in [0.2, 0.25) is 0 Å². The van der Waals surface area contributed by atoms with E-state index in [1.165, 1.54) is 18.4 Å². The van der Waals surface area contributed by atoms with E-state index in [0.29, 0.717) is 0 Å². The predicted octanol–water partition coefficient (Wildman–Crippen LogP) is 3.48. The molecule has 56 valence electrons. The van der Waals surface area contributed by atoms with Crippen LogP contribution < -0.4 is 0 Å². The smallest absolute Gasteiger partial charge is 0.0350 e. The van der Waals surface area contributed by atoms with E-state index in [1.807, 2.05) is 12.2 Å². The molecule has 0 unspecified atom stereocenters. The summed E-state index contributed by atoms with van der Waals surface area (Å²) in [5.74, 6) is 0. The first kappa shape index (κ1) is 9.22. The van der Waals surface area contributed by atoms with Gasteiger partial charge in [-0.3, -0.25) is 0 Å². The molecule has 0 aliphatic heterocycles. The summed E-state index contributed by atoms with van der Waals surface area (Å²) in [6.45, 7) is 7.87. The highest BCUT2D eigenvalue weighted by Crippen LogP contribution is 1.97. The normalized spacial score (nSPS) is 12.4. The maximum atomic E-state index is 3.62. The Balaban J connectivity index is 3.65. The fraction of sp³-hybridized carbons (Fsp3) is 0.400. The highest BCUT2D eigenvalue weighted by molar-refractivity contribution is 5.20. The van der Waals surface area contributed by atoms with Crippen LogP contribution in [0.3, 0.4) is 0 Å². The zero-order valence-corrected chi connectivity index (χ0v) is 6.93. The standard InChI is InChI=1S/C10H16/c1-4-6-7-9-10(3)8-5-2/h5,7-9H,2,4,6H2,1,3H3/b9-7+,10-8-. The molecule has 0 saturated carbocycles. The van der Waals surface area contributed by atoms with Crippen LogP contribution in [0.15, 0.2) is 36.5 Å². The summed E-state index contributed by atoms with van der Waals surface area (Å²) in [6, 6.07) is 0. The largest absolute Gasteiger partial charge is 0.0991 e. The van der Waals surface area contributed by atoms with E-state index in [4.69, 9.17) is 0 Å². The first-order valence-corrected chi connectivity index (χ1v) is 3.77. The molecule has 0 nitrogen and oxygen atoms in total. The summed E-state index contributed by atoms with van der Waals surface area (Å²) < 4.78 is 0. The first-order chi connectivity index (χ1) is 4.81. The Kier molecular flexibility index (Phi) is 5.85. The van der Waals surface area contributed by atoms with Gasteiger partial charge in [0.15, 0.2) is 0 Å². The van der Waals surface area contributed by atoms with Crippen LogP contribution in [0, 0.1) is 0 Å². The van der Waals surface area contributed by atoms with Gasteiger partial charge in [0, 0.05) is 0 Å². The lowest BCUT2D eigenvalue weighted by Crippen LogP contribution is -1.66. The molecule has 0 saturated heterocycles. The molecule has 0 heterocycles. The van der Waals surface area contributed by atoms with Crippen LogP contribution in [-0.2, 0) is 0 Å². The topological polar surface area (TPSA) is 0 Å². The van der Waals surface area contributed by atoms with Crippen molar-refractivity contribution in [1.29, 1.82) is 0 Å². The summed E-state index contributed by atoms with van der Waals surface area (Å²) in [6.07, 6.45) is 10.5. The zero-order chi connectivity index (χ0) is 7.82. The maximum absolute atomic E-state index is 3.62. The number of allylic oxidation sites excluding steroid dienone is 5. The van der Waals surface area contributed by atoms with Crippen molar-refractivity contribution in [3.05, 3.63) is 36.5 Å². The number of hydrogen-bond acceptors (Lipinski definition) is 0. The molecule has 0 amide bonds. The number of hydrogen-bond donors (Lipinski definition) is 0. The van der Waals surface area contributed by atoms with Gasteiger partial charge in [-0.15, -0.1) is 0 Å². The van der Waals surface area contributed by atoms with Crippen molar-refractivity contribution in [3.8, 4) is 0 Å². The molecule has 10 heavy (non-hydrogen) atoms. The van der Waals surface area contributed by atoms with Crippen molar-refractivity contribution in [2.75, 3.05) is 0 Å². The fourth-order valence-corrected chi connectivity index (χ4v) is 0.677. The Morgan fingerprint density at radius 3 is 2.70 bits per heavy atom. The van der Waals surface area contributed by atoms with Crippen LogP contribution >= 0.6 is 0 Å². The number of unbranched alkanes of at least 4 members (excludes halogenated alkanes) is 1. The average molecular weight is 136 g/mol. The Morgan fingerprint density at radius 1 is 1.50 bits per heavy atom. The molecule has 0 rings (SSSR count). The van der Waals surface area contributed by atoms with Crippen molar-refractivity contribution < 1.29 is 0 Å². The minimum Gasteiger partial charge on any atom is -0.0991 e. The van der Waals surface area contributed by atoms with Crippen LogP contribution in [0.5, 0.6) is 0 Å². The van der Waals surface area contributed by atoms with Gasteiger partial charge < -0.3 is 0 Å². The van der Waals surface area contributed by atoms with Crippen molar-refractivity contribution in [2.45, 2.75) is 26.7 Å². The van der Waals surface area contributed by atoms with E-state index in [-0.39, 0.29) is 0 Å². The molecule has 0 bridgehead atoms. The Labute approximate surface area is 64.0 Å². The van der Waals surface area contributed by atoms with Gasteiger partial charge in [-0.05, 0) is 13.3 Å². The summed E-state index contributed by atoms with van der Waals surface area (Å²) >= 11 is 0. The molecule has 0 heteroatoms. The van der Waals surface area contributed by atoms with Crippen LogP contribution in [0.4, 0.5) is 0 Å². The lowest BCUT2D eigenvalue weighted by molar-refractivity contribution is 0.957. The van der Waals surface area contributed by atoms with E-state index < -0.39 is 0 Å². The minimum absolute atomic E-state index is 1.17. The summed E-state index contributed by atoms with van der Waals surface area (Å²) in [7, 11) is 0. The fourth-order valence-electron chi connectivity index (χ4n) is 0.677. The van der Waals surface area contributed by atoms with Gasteiger partial charge in [-0.25, -0.2) is 0 Å². The third kappa shape index (κ3) is 5.36. The molecular weight excluding hydrogens is 120 g/mol. The quantitative estimate of drug-likeness (QED) is 0.519. The van der Waals surface area contributed by atoms with Crippen LogP contribution in [0.2, 0.25) is 0 Å². The molecule has 0 radical (unpaired) electrons. The van der Waals surface area contributed by atoms with Gasteiger partial charge >= 0.3 is 0 Å². The van der Waals surface area contributed by atoms with E-state index in [9.17, 15) is 0 Å². The molecule has 0 spiro atoms. The average Bonchev–Trinajstić information content (AvgIpc) is 1.89. The second kappa shape index (κ2) is 6.34. The van der Waals surface area contributed by atoms with Crippen LogP contribution in [0.25, 0.3) is 0 Å². The van der Waals surface area contributed by atoms with Gasteiger partial charge in [0.25, 0.3) is 0 Å². The van der Waals surface area contributed by atoms with E-state index >= 15 is 0 Å². The van der Waals surface area contributed by atoms with E-state index in [1.54, 1.807) is 0 Å². The van der Waals surface area contributed by atoms with Crippen molar-refractivity contribution in [3.63, 3.8) is 0 Å². The Bertz CT molecular complexity index is 138. The minimum atomic E-state index is 1.17. The molecule has 0 aliphatic carbocycles. The summed E-state index contributed by atoms with van der Waals surface area (Å²) in [4.78, 5) is 0. The van der Waals surface area contributed by atoms with Crippen molar-refractivity contribution in [1.82, 2.24) is 0 Å². The first-order valence-electron chi connectivity index (χ1n) is 3.77. The zero-order valence-electron chi connectivity index (χ0n) is 6.93. The predicted molar refractivity (Wildman–Crippen MR) is 48.0 cm³/mol. The van der Waals surface area contributed by atoms with Crippen molar-refractivity contribution in [2.24, 2.45) is 0 Å². The summed E-state index contributed by atoms with van der Waals surface area (Å²) in [5, 5.41) is 0. The molecule has 0 aromatic carbocycles. The molecule has 0 aromatic rings. The lowest BCUT2D eigenvalue weighted by atomic mass is 10.2. The Morgan fingerprint density at radius 2 is 2.20 bits per heavy atom. The highest BCUT2D eigenvalue weighted by Gasteiger charge is 1.76. The van der Waals surface area contributed by atoms with E-state index in [0.717, 1.165) is 0 Å². The molecule has 0 aliphatic rings. The second-order valence-electron chi connectivity index (χ2n) is 2.34. The van der Waals surface area contributed by atoms with E-state index in [2.05, 4.69) is 32.6 Å². The monoisotopic (exact) mass is 136 g/mol. The molecule has 0 fully saturated rings. The SMILES string of the molecule is C=C/C=C(C)\C=C\CCC. The lowest BCUT2D eigenvalue weighted by Gasteiger charge is -1.87. The van der Waals surface area contributed by atoms with Gasteiger partial charge in [-0.2, -0.15) is 0 Å². The third-order valence-electron chi connectivity index (χ3n) is 1.22. The third-order valence-corrected chi connectivity index (χ3v) is 1.22. The van der Waals surface area contributed by atoms with Crippen LogP contribution in [-0.4, -0.2) is 0 Å². The Hall–Kier alpha value is -0.780. The number of rotatable bonds is 4. The molecule has 0 N–H and O–H groups in total. The molecule has 0 atom stereocenters. The van der Waals surface area contributed by atoms with Gasteiger partial charge in [0.05, 0.1) is 0 Å². The molecular formula is C10H16. The maximum Gasteiger partial charge on any atom is -0.0350 e. The van der Waals surface area contributed by atoms with Gasteiger partial charge in [-0.1, -0.05) is 49.8 Å². The second-order valence-corrected chi connectivity index (χ2v) is 2.34. The highest BCUT2D eigenvalue weighted by atomic mass is 13.8. The van der Waals surface area contributed by atoms with Crippen molar-refractivity contribution >= 4 is 0 Å². The molecule has 0 aromatic heterocycles. The van der Waals surface area contributed by atoms with Gasteiger partial charge in [0.1, 0.15) is 0 Å². The van der Waals surface area contributed by atoms with Crippen LogP contribution in [0.1, 0.15) is 26.7 Å². The summed E-state index contributed by atoms with van der Waals surface area (Å²) in [5.41, 5.74) is 1.27.